The number of hydrogen-bond acceptors (Lipinski definition) is 5. The number of esters is 1. The highest BCUT2D eigenvalue weighted by Gasteiger charge is 2.77. The molecule has 1 N–H and O–H groups in total. The number of ketones is 1. The third kappa shape index (κ3) is 2.62. The van der Waals surface area contributed by atoms with Crippen LogP contribution in [0.2, 0.25) is 0 Å². The van der Waals surface area contributed by atoms with Gasteiger partial charge in [0.2, 0.25) is 5.12 Å². The van der Waals surface area contributed by atoms with Crippen LogP contribution in [0.25, 0.3) is 0 Å². The van der Waals surface area contributed by atoms with Gasteiger partial charge in [0.15, 0.2) is 17.1 Å². The Morgan fingerprint density at radius 2 is 1.97 bits per heavy atom. The maximum atomic E-state index is 17.1. The fourth-order valence-corrected chi connectivity index (χ4v) is 7.99. The molecule has 4 aliphatic carbocycles. The fraction of sp³-hybridized carbons (Fsp3) is 0.708. The summed E-state index contributed by atoms with van der Waals surface area (Å²) < 4.78 is 38.3. The van der Waals surface area contributed by atoms with E-state index in [-0.39, 0.29) is 37.0 Å². The van der Waals surface area contributed by atoms with Crippen LogP contribution in [0.3, 0.4) is 0 Å². The molecule has 0 aromatic rings. The Hall–Kier alpha value is -1.54. The van der Waals surface area contributed by atoms with Crippen molar-refractivity contribution >= 4 is 29.5 Å². The molecule has 0 aromatic heterocycles. The molecule has 176 valence electrons. The van der Waals surface area contributed by atoms with Crippen LogP contribution >= 0.6 is 12.6 Å². The van der Waals surface area contributed by atoms with Crippen LogP contribution in [0, 0.1) is 28.6 Å². The van der Waals surface area contributed by atoms with Crippen molar-refractivity contribution in [2.75, 3.05) is 0 Å². The van der Waals surface area contributed by atoms with Gasteiger partial charge in [-0.05, 0) is 37.3 Å². The number of halogens is 2. The van der Waals surface area contributed by atoms with Gasteiger partial charge in [0.25, 0.3) is 0 Å². The molecule has 0 aromatic carbocycles. The zero-order valence-corrected chi connectivity index (χ0v) is 19.7. The van der Waals surface area contributed by atoms with E-state index >= 15 is 8.78 Å². The Balaban J connectivity index is 1.89. The topological polar surface area (TPSA) is 80.7 Å². The molecule has 2 saturated carbocycles. The van der Waals surface area contributed by atoms with Crippen LogP contribution in [-0.4, -0.2) is 39.3 Å². The van der Waals surface area contributed by atoms with Crippen LogP contribution in [0.15, 0.2) is 23.6 Å². The predicted molar refractivity (Wildman–Crippen MR) is 116 cm³/mol. The van der Waals surface area contributed by atoms with E-state index in [9.17, 15) is 19.5 Å². The summed E-state index contributed by atoms with van der Waals surface area (Å²) in [5, 5.41) is 10.7. The van der Waals surface area contributed by atoms with Gasteiger partial charge in [-0.2, -0.15) is 0 Å². The maximum absolute atomic E-state index is 17.1. The molecule has 0 amide bonds. The van der Waals surface area contributed by atoms with Gasteiger partial charge in [-0.15, -0.1) is 12.6 Å². The average molecular weight is 469 g/mol. The van der Waals surface area contributed by atoms with Crippen molar-refractivity contribution in [2.45, 2.75) is 77.2 Å². The van der Waals surface area contributed by atoms with Crippen LogP contribution in [0.4, 0.5) is 8.78 Å². The molecule has 32 heavy (non-hydrogen) atoms. The highest BCUT2D eigenvalue weighted by Crippen LogP contribution is 2.71. The molecule has 4 rings (SSSR count). The Labute approximate surface area is 192 Å². The molecule has 8 atom stereocenters. The van der Waals surface area contributed by atoms with Crippen LogP contribution in [0.5, 0.6) is 0 Å². The summed E-state index contributed by atoms with van der Waals surface area (Å²) >= 11 is 4.09. The van der Waals surface area contributed by atoms with Crippen molar-refractivity contribution in [3.63, 3.8) is 0 Å². The number of carbonyl (C=O) groups excluding carboxylic acids is 3. The van der Waals surface area contributed by atoms with Gasteiger partial charge in [0, 0.05) is 41.9 Å². The minimum atomic E-state index is -2.23. The highest BCUT2D eigenvalue weighted by molar-refractivity contribution is 7.96. The van der Waals surface area contributed by atoms with E-state index < -0.39 is 62.9 Å². The van der Waals surface area contributed by atoms with Crippen molar-refractivity contribution in [1.82, 2.24) is 0 Å². The molecule has 0 spiro atoms. The van der Waals surface area contributed by atoms with Crippen LogP contribution in [0.1, 0.15) is 59.8 Å². The van der Waals surface area contributed by atoms with Crippen molar-refractivity contribution in [1.29, 1.82) is 0 Å². The molecule has 5 nitrogen and oxygen atoms in total. The van der Waals surface area contributed by atoms with E-state index in [0.29, 0.717) is 6.42 Å². The van der Waals surface area contributed by atoms with Gasteiger partial charge >= 0.3 is 5.97 Å². The lowest BCUT2D eigenvalue weighted by atomic mass is 9.45. The summed E-state index contributed by atoms with van der Waals surface area (Å²) in [6.07, 6.45) is 0.834. The standard InChI is InChI=1S/C24H30F2O5S/c1-5-19(29)31-24(20(30)32)12(2)8-14-15-10-17(25)16-9-13(27)6-7-21(16,3)23(15,26)18(28)11-22(14,24)4/h6-7,12,14-15,18,28H,5,8-11H2,1-4H3,(H,30,32)/t12-,14+,15?,18+,21+,22+,23+,24+/m1/s1. The van der Waals surface area contributed by atoms with Crippen molar-refractivity contribution in [3.05, 3.63) is 23.6 Å². The molecule has 0 aliphatic heterocycles. The number of fused-ring (bicyclic) bond motifs is 5. The van der Waals surface area contributed by atoms with E-state index in [1.807, 2.05) is 0 Å². The first-order valence-electron chi connectivity index (χ1n) is 11.2. The van der Waals surface area contributed by atoms with Gasteiger partial charge in [-0.3, -0.25) is 14.4 Å². The first-order valence-corrected chi connectivity index (χ1v) is 11.7. The molecular formula is C24H30F2O5S. The number of alkyl halides is 1. The number of rotatable bonds is 3. The van der Waals surface area contributed by atoms with Gasteiger partial charge in [0.1, 0.15) is 5.83 Å². The molecule has 0 bridgehead atoms. The predicted octanol–water partition coefficient (Wildman–Crippen LogP) is 4.05. The van der Waals surface area contributed by atoms with E-state index in [1.54, 1.807) is 20.8 Å². The van der Waals surface area contributed by atoms with Gasteiger partial charge < -0.3 is 9.84 Å². The minimum absolute atomic E-state index is 0.0485. The average Bonchev–Trinajstić information content (AvgIpc) is 2.93. The van der Waals surface area contributed by atoms with Gasteiger partial charge in [0.05, 0.1) is 6.10 Å². The number of allylic oxidation sites excluding steroid dienone is 4. The Morgan fingerprint density at radius 3 is 2.56 bits per heavy atom. The van der Waals surface area contributed by atoms with E-state index in [0.717, 1.165) is 0 Å². The SMILES string of the molecule is CCC(=O)O[C@]1(C(=O)S)[C@H](C)C[C@H]2C3CC(F)=C4CC(=O)C=C[C@]4(C)[C@@]3(F)[C@@H](O)C[C@@]21C. The van der Waals surface area contributed by atoms with Crippen LogP contribution in [-0.2, 0) is 19.1 Å². The lowest BCUT2D eigenvalue weighted by molar-refractivity contribution is -0.223. The number of ether oxygens (including phenoxy) is 1. The third-order valence-corrected chi connectivity index (χ3v) is 9.41. The second kappa shape index (κ2) is 7.23. The number of hydrogen-bond donors (Lipinski definition) is 2. The smallest absolute Gasteiger partial charge is 0.306 e. The summed E-state index contributed by atoms with van der Waals surface area (Å²) in [6, 6.07) is 0. The lowest BCUT2D eigenvalue weighted by Crippen LogP contribution is -2.69. The molecule has 0 heterocycles. The fourth-order valence-electron chi connectivity index (χ4n) is 7.47. The minimum Gasteiger partial charge on any atom is -0.449 e. The first-order chi connectivity index (χ1) is 14.8. The molecule has 0 radical (unpaired) electrons. The van der Waals surface area contributed by atoms with E-state index in [2.05, 4.69) is 12.6 Å². The Morgan fingerprint density at radius 1 is 1.31 bits per heavy atom. The zero-order valence-electron chi connectivity index (χ0n) is 18.8. The maximum Gasteiger partial charge on any atom is 0.306 e. The Kier molecular flexibility index (Phi) is 5.33. The molecule has 4 aliphatic rings. The van der Waals surface area contributed by atoms with Crippen molar-refractivity contribution < 1.29 is 33.0 Å². The summed E-state index contributed by atoms with van der Waals surface area (Å²) in [5.74, 6) is -3.40. The zero-order chi connectivity index (χ0) is 23.9. The highest BCUT2D eigenvalue weighted by atomic mass is 32.1. The Bertz CT molecular complexity index is 962. The lowest BCUT2D eigenvalue weighted by Gasteiger charge is -2.62. The van der Waals surface area contributed by atoms with E-state index in [4.69, 9.17) is 4.74 Å². The molecule has 0 saturated heterocycles. The molecule has 8 heteroatoms. The summed E-state index contributed by atoms with van der Waals surface area (Å²) in [5.41, 5.74) is -6.39. The van der Waals surface area contributed by atoms with Gasteiger partial charge in [-0.25, -0.2) is 8.78 Å². The molecular weight excluding hydrogens is 438 g/mol. The molecule has 1 unspecified atom stereocenters. The quantitative estimate of drug-likeness (QED) is 0.483. The summed E-state index contributed by atoms with van der Waals surface area (Å²) in [7, 11) is 0. The van der Waals surface area contributed by atoms with Crippen LogP contribution < -0.4 is 0 Å². The van der Waals surface area contributed by atoms with Crippen molar-refractivity contribution in [3.8, 4) is 0 Å². The van der Waals surface area contributed by atoms with Gasteiger partial charge in [-0.1, -0.05) is 26.8 Å². The third-order valence-electron chi connectivity index (χ3n) is 9.08. The summed E-state index contributed by atoms with van der Waals surface area (Å²) in [6.45, 7) is 6.63. The normalized spacial score (nSPS) is 47.6. The number of aliphatic hydroxyl groups excluding tert-OH is 1. The molecule has 2 fully saturated rings. The number of thiol groups is 1. The first kappa shape index (κ1) is 23.6. The number of carbonyl (C=O) groups is 3. The largest absolute Gasteiger partial charge is 0.449 e. The summed E-state index contributed by atoms with van der Waals surface area (Å²) in [4.78, 5) is 37.2. The van der Waals surface area contributed by atoms with Crippen molar-refractivity contribution in [2.24, 2.45) is 28.6 Å². The second-order valence-corrected chi connectivity index (χ2v) is 10.8. The monoisotopic (exact) mass is 468 g/mol. The second-order valence-electron chi connectivity index (χ2n) is 10.4. The van der Waals surface area contributed by atoms with E-state index in [1.165, 1.54) is 19.1 Å². The number of aliphatic hydroxyl groups is 1.